The minimum Gasteiger partial charge on any atom is -0.369 e. The molecule has 2 aliphatic heterocycles. The molecule has 8 nitrogen and oxygen atoms in total. The van der Waals surface area contributed by atoms with Gasteiger partial charge in [-0.15, -0.1) is 0 Å². The molecule has 2 aromatic rings. The third-order valence-electron chi connectivity index (χ3n) is 6.31. The minimum absolute atomic E-state index is 0.474. The number of likely N-dealkylation sites (tertiary alicyclic amines) is 1. The van der Waals surface area contributed by atoms with Gasteiger partial charge in [0.2, 0.25) is 0 Å². The number of hydrogen-bond donors (Lipinski definition) is 2. The fraction of sp³-hybridized carbons (Fsp3) is 0.591. The van der Waals surface area contributed by atoms with Crippen LogP contribution in [0.25, 0.3) is 0 Å². The van der Waals surface area contributed by atoms with Crippen molar-refractivity contribution >= 4 is 23.2 Å². The molecule has 2 fully saturated rings. The maximum atomic E-state index is 6.14. The van der Waals surface area contributed by atoms with Crippen molar-refractivity contribution in [1.29, 1.82) is 0 Å². The summed E-state index contributed by atoms with van der Waals surface area (Å²) in [4.78, 5) is 16.1. The normalized spacial score (nSPS) is 19.1. The van der Waals surface area contributed by atoms with Gasteiger partial charge in [0.1, 0.15) is 12.2 Å². The summed E-state index contributed by atoms with van der Waals surface area (Å²) in [6.45, 7) is 8.34. The van der Waals surface area contributed by atoms with Crippen molar-refractivity contribution in [2.24, 2.45) is 4.99 Å². The lowest BCUT2D eigenvalue weighted by molar-refractivity contribution is 0.254. The first-order valence-corrected chi connectivity index (χ1v) is 11.6. The third-order valence-corrected chi connectivity index (χ3v) is 6.54. The zero-order valence-electron chi connectivity index (χ0n) is 18.3. The monoisotopic (exact) mass is 444 g/mol. The average Bonchev–Trinajstić information content (AvgIpc) is 3.35. The molecule has 0 unspecified atom stereocenters. The van der Waals surface area contributed by atoms with Gasteiger partial charge in [-0.3, -0.25) is 15.0 Å². The van der Waals surface area contributed by atoms with Crippen LogP contribution in [0.4, 0.5) is 5.69 Å². The van der Waals surface area contributed by atoms with Crippen molar-refractivity contribution in [2.45, 2.75) is 25.2 Å². The number of H-pyrrole nitrogens is 1. The van der Waals surface area contributed by atoms with Crippen molar-refractivity contribution in [3.8, 4) is 0 Å². The number of aromatic nitrogens is 3. The predicted octanol–water partition coefficient (Wildman–Crippen LogP) is 2.43. The first-order chi connectivity index (χ1) is 15.2. The Labute approximate surface area is 189 Å². The summed E-state index contributed by atoms with van der Waals surface area (Å²) in [6, 6.07) is 8.16. The quantitative estimate of drug-likeness (QED) is 0.405. The van der Waals surface area contributed by atoms with Gasteiger partial charge in [0.15, 0.2) is 5.96 Å². The van der Waals surface area contributed by atoms with Crippen LogP contribution in [0.1, 0.15) is 31.0 Å². The SMILES string of the molecule is CN=C(NCCCN1CCN(c2cccc(Cl)c2)CC1)N1CCC(c2ncn[nH]2)CC1. The highest BCUT2D eigenvalue weighted by Crippen LogP contribution is 2.25. The van der Waals surface area contributed by atoms with Crippen LogP contribution in [-0.4, -0.2) is 90.3 Å². The van der Waals surface area contributed by atoms with Crippen LogP contribution >= 0.6 is 11.6 Å². The number of halogens is 1. The molecule has 3 heterocycles. The van der Waals surface area contributed by atoms with Gasteiger partial charge in [-0.1, -0.05) is 17.7 Å². The van der Waals surface area contributed by atoms with Crippen molar-refractivity contribution < 1.29 is 0 Å². The average molecular weight is 445 g/mol. The summed E-state index contributed by atoms with van der Waals surface area (Å²) in [5.41, 5.74) is 1.23. The molecular weight excluding hydrogens is 412 g/mol. The molecule has 1 aromatic carbocycles. The zero-order chi connectivity index (χ0) is 21.5. The molecule has 0 aliphatic carbocycles. The van der Waals surface area contributed by atoms with Crippen LogP contribution in [-0.2, 0) is 0 Å². The summed E-state index contributed by atoms with van der Waals surface area (Å²) < 4.78 is 0. The van der Waals surface area contributed by atoms with Crippen molar-refractivity contribution in [2.75, 3.05) is 64.3 Å². The molecule has 0 saturated carbocycles. The van der Waals surface area contributed by atoms with E-state index in [0.29, 0.717) is 5.92 Å². The van der Waals surface area contributed by atoms with Crippen LogP contribution < -0.4 is 10.2 Å². The van der Waals surface area contributed by atoms with E-state index in [0.717, 1.165) is 88.4 Å². The Bertz CT molecular complexity index is 824. The lowest BCUT2D eigenvalue weighted by Gasteiger charge is -2.36. The summed E-state index contributed by atoms with van der Waals surface area (Å²) in [5.74, 6) is 2.50. The molecule has 2 N–H and O–H groups in total. The second-order valence-electron chi connectivity index (χ2n) is 8.27. The highest BCUT2D eigenvalue weighted by atomic mass is 35.5. The van der Waals surface area contributed by atoms with E-state index < -0.39 is 0 Å². The third kappa shape index (κ3) is 5.89. The smallest absolute Gasteiger partial charge is 0.193 e. The molecule has 2 saturated heterocycles. The van der Waals surface area contributed by atoms with Gasteiger partial charge in [-0.05, 0) is 44.0 Å². The molecule has 0 spiro atoms. The number of aromatic amines is 1. The molecule has 0 atom stereocenters. The maximum Gasteiger partial charge on any atom is 0.193 e. The molecule has 31 heavy (non-hydrogen) atoms. The number of nitrogens with zero attached hydrogens (tertiary/aromatic N) is 6. The molecule has 4 rings (SSSR count). The molecule has 168 valence electrons. The van der Waals surface area contributed by atoms with Crippen molar-refractivity contribution in [3.63, 3.8) is 0 Å². The van der Waals surface area contributed by atoms with Gasteiger partial charge < -0.3 is 15.1 Å². The van der Waals surface area contributed by atoms with Gasteiger partial charge >= 0.3 is 0 Å². The molecule has 0 radical (unpaired) electrons. The van der Waals surface area contributed by atoms with E-state index in [2.05, 4.69) is 52.3 Å². The van der Waals surface area contributed by atoms with E-state index >= 15 is 0 Å². The van der Waals surface area contributed by atoms with Gasteiger partial charge in [-0.25, -0.2) is 4.98 Å². The maximum absolute atomic E-state index is 6.14. The van der Waals surface area contributed by atoms with E-state index in [1.807, 2.05) is 19.2 Å². The van der Waals surface area contributed by atoms with Gasteiger partial charge in [-0.2, -0.15) is 5.10 Å². The number of nitrogens with one attached hydrogen (secondary N) is 2. The van der Waals surface area contributed by atoms with Crippen LogP contribution in [0, 0.1) is 0 Å². The lowest BCUT2D eigenvalue weighted by atomic mass is 9.96. The molecule has 0 amide bonds. The number of anilines is 1. The molecular formula is C22H33ClN8. The van der Waals surface area contributed by atoms with Gasteiger partial charge in [0.25, 0.3) is 0 Å². The molecule has 2 aliphatic rings. The number of benzene rings is 1. The Balaban J connectivity index is 1.13. The fourth-order valence-corrected chi connectivity index (χ4v) is 4.70. The van der Waals surface area contributed by atoms with E-state index in [-0.39, 0.29) is 0 Å². The second kappa shape index (κ2) is 10.8. The topological polar surface area (TPSA) is 75.7 Å². The van der Waals surface area contributed by atoms with E-state index in [1.165, 1.54) is 5.69 Å². The van der Waals surface area contributed by atoms with Crippen LogP contribution in [0.3, 0.4) is 0 Å². The fourth-order valence-electron chi connectivity index (χ4n) is 4.51. The summed E-state index contributed by atoms with van der Waals surface area (Å²) >= 11 is 6.14. The number of piperazine rings is 1. The number of hydrogen-bond acceptors (Lipinski definition) is 5. The Morgan fingerprint density at radius 3 is 2.68 bits per heavy atom. The lowest BCUT2D eigenvalue weighted by Crippen LogP contribution is -2.48. The first-order valence-electron chi connectivity index (χ1n) is 11.3. The molecule has 0 bridgehead atoms. The summed E-state index contributed by atoms with van der Waals surface area (Å²) in [6.07, 6.45) is 4.86. The van der Waals surface area contributed by atoms with E-state index in [9.17, 15) is 0 Å². The van der Waals surface area contributed by atoms with Gasteiger partial charge in [0, 0.05) is 69.5 Å². The Hall–Kier alpha value is -2.32. The summed E-state index contributed by atoms with van der Waals surface area (Å²) in [7, 11) is 1.87. The van der Waals surface area contributed by atoms with E-state index in [4.69, 9.17) is 11.6 Å². The number of aliphatic imine (C=N–C) groups is 1. The van der Waals surface area contributed by atoms with Crippen LogP contribution in [0.5, 0.6) is 0 Å². The standard InChI is InChI=1S/C22H33ClN8/c1-24-22(31-10-6-18(7-11-31)21-26-17-27-28-21)25-8-3-9-29-12-14-30(15-13-29)20-5-2-4-19(23)16-20/h2,4-5,16-18H,3,6-15H2,1H3,(H,24,25)(H,26,27,28). The Morgan fingerprint density at radius 2 is 2.00 bits per heavy atom. The largest absolute Gasteiger partial charge is 0.369 e. The highest BCUT2D eigenvalue weighted by Gasteiger charge is 2.24. The first kappa shape index (κ1) is 21.9. The van der Waals surface area contributed by atoms with Crippen LogP contribution in [0.15, 0.2) is 35.6 Å². The Morgan fingerprint density at radius 1 is 1.19 bits per heavy atom. The Kier molecular flexibility index (Phi) is 7.64. The van der Waals surface area contributed by atoms with Crippen LogP contribution in [0.2, 0.25) is 5.02 Å². The number of rotatable bonds is 6. The highest BCUT2D eigenvalue weighted by molar-refractivity contribution is 6.30. The predicted molar refractivity (Wildman–Crippen MR) is 126 cm³/mol. The van der Waals surface area contributed by atoms with E-state index in [1.54, 1.807) is 6.33 Å². The number of guanidine groups is 1. The zero-order valence-corrected chi connectivity index (χ0v) is 19.1. The molecule has 1 aromatic heterocycles. The summed E-state index contributed by atoms with van der Waals surface area (Å²) in [5, 5.41) is 11.4. The van der Waals surface area contributed by atoms with Gasteiger partial charge in [0.05, 0.1) is 0 Å². The van der Waals surface area contributed by atoms with Crippen molar-refractivity contribution in [3.05, 3.63) is 41.4 Å². The number of piperidine rings is 1. The minimum atomic E-state index is 0.474. The van der Waals surface area contributed by atoms with Crippen molar-refractivity contribution in [1.82, 2.24) is 30.3 Å². The second-order valence-corrected chi connectivity index (χ2v) is 8.70. The molecule has 9 heteroatoms.